The second kappa shape index (κ2) is 7.25. The fourth-order valence-corrected chi connectivity index (χ4v) is 2.15. The van der Waals surface area contributed by atoms with Gasteiger partial charge in [-0.15, -0.1) is 0 Å². The van der Waals surface area contributed by atoms with Crippen LogP contribution in [0.2, 0.25) is 5.02 Å². The number of benzene rings is 2. The molecule has 0 aromatic heterocycles. The van der Waals surface area contributed by atoms with E-state index in [9.17, 15) is 4.79 Å². The zero-order chi connectivity index (χ0) is 15.2. The zero-order valence-electron chi connectivity index (χ0n) is 12.2. The predicted octanol–water partition coefficient (Wildman–Crippen LogP) is 3.94. The minimum atomic E-state index is -0.0508. The van der Waals surface area contributed by atoms with E-state index in [-0.39, 0.29) is 18.5 Å². The van der Waals surface area contributed by atoms with E-state index in [0.29, 0.717) is 5.02 Å². The Morgan fingerprint density at radius 2 is 1.81 bits per heavy atom. The summed E-state index contributed by atoms with van der Waals surface area (Å²) in [5.74, 6) is -0.0508. The number of nitrogens with one attached hydrogen (secondary N) is 2. The topological polar surface area (TPSA) is 41.1 Å². The Balaban J connectivity index is 1.86. The molecule has 1 amide bonds. The van der Waals surface area contributed by atoms with Gasteiger partial charge in [0, 0.05) is 16.8 Å². The van der Waals surface area contributed by atoms with E-state index in [1.165, 1.54) is 0 Å². The SMILES string of the molecule is Cc1ccccc1NC(=O)CN[C@H](C)c1ccc(Cl)cc1. The predicted molar refractivity (Wildman–Crippen MR) is 87.7 cm³/mol. The lowest BCUT2D eigenvalue weighted by Gasteiger charge is -2.15. The Kier molecular flexibility index (Phi) is 5.37. The third kappa shape index (κ3) is 4.59. The Labute approximate surface area is 130 Å². The minimum Gasteiger partial charge on any atom is -0.325 e. The molecule has 110 valence electrons. The van der Waals surface area contributed by atoms with Gasteiger partial charge in [-0.3, -0.25) is 4.79 Å². The normalized spacial score (nSPS) is 12.0. The molecular formula is C17H19ClN2O. The van der Waals surface area contributed by atoms with Crippen molar-refractivity contribution in [1.82, 2.24) is 5.32 Å². The maximum Gasteiger partial charge on any atom is 0.238 e. The van der Waals surface area contributed by atoms with Crippen molar-refractivity contribution in [3.05, 3.63) is 64.7 Å². The molecule has 0 saturated carbocycles. The summed E-state index contributed by atoms with van der Waals surface area (Å²) >= 11 is 5.86. The van der Waals surface area contributed by atoms with Crippen molar-refractivity contribution < 1.29 is 4.79 Å². The monoisotopic (exact) mass is 302 g/mol. The molecule has 0 spiro atoms. The zero-order valence-corrected chi connectivity index (χ0v) is 12.9. The van der Waals surface area contributed by atoms with Gasteiger partial charge in [-0.2, -0.15) is 0 Å². The van der Waals surface area contributed by atoms with Crippen molar-refractivity contribution in [3.8, 4) is 0 Å². The fourth-order valence-electron chi connectivity index (χ4n) is 2.02. The maximum absolute atomic E-state index is 12.0. The maximum atomic E-state index is 12.0. The van der Waals surface area contributed by atoms with Gasteiger partial charge >= 0.3 is 0 Å². The fraction of sp³-hybridized carbons (Fsp3) is 0.235. The lowest BCUT2D eigenvalue weighted by Crippen LogP contribution is -2.30. The molecule has 0 unspecified atom stereocenters. The van der Waals surface area contributed by atoms with Gasteiger partial charge < -0.3 is 10.6 Å². The van der Waals surface area contributed by atoms with Gasteiger partial charge in [0.25, 0.3) is 0 Å². The van der Waals surface area contributed by atoms with Crippen molar-refractivity contribution in [1.29, 1.82) is 0 Å². The highest BCUT2D eigenvalue weighted by Crippen LogP contribution is 2.16. The van der Waals surface area contributed by atoms with E-state index in [1.54, 1.807) is 0 Å². The van der Waals surface area contributed by atoms with Crippen molar-refractivity contribution >= 4 is 23.2 Å². The smallest absolute Gasteiger partial charge is 0.238 e. The summed E-state index contributed by atoms with van der Waals surface area (Å²) < 4.78 is 0. The third-order valence-electron chi connectivity index (χ3n) is 3.36. The van der Waals surface area contributed by atoms with Crippen molar-refractivity contribution in [3.63, 3.8) is 0 Å². The Morgan fingerprint density at radius 3 is 2.48 bits per heavy atom. The van der Waals surface area contributed by atoms with Gasteiger partial charge in [0.2, 0.25) is 5.91 Å². The molecule has 0 radical (unpaired) electrons. The highest BCUT2D eigenvalue weighted by Gasteiger charge is 2.08. The van der Waals surface area contributed by atoms with Crippen LogP contribution in [-0.4, -0.2) is 12.5 Å². The van der Waals surface area contributed by atoms with Crippen molar-refractivity contribution in [2.45, 2.75) is 19.9 Å². The molecule has 4 heteroatoms. The molecule has 1 atom stereocenters. The molecule has 0 bridgehead atoms. The van der Waals surface area contributed by atoms with Crippen LogP contribution in [0.3, 0.4) is 0 Å². The first kappa shape index (κ1) is 15.5. The van der Waals surface area contributed by atoms with Crippen LogP contribution in [-0.2, 0) is 4.79 Å². The number of halogens is 1. The lowest BCUT2D eigenvalue weighted by molar-refractivity contribution is -0.115. The number of hydrogen-bond acceptors (Lipinski definition) is 2. The van der Waals surface area contributed by atoms with Gasteiger partial charge in [0.1, 0.15) is 0 Å². The Hall–Kier alpha value is -1.84. The molecule has 2 N–H and O–H groups in total. The number of carbonyl (C=O) groups excluding carboxylic acids is 1. The van der Waals surface area contributed by atoms with E-state index in [2.05, 4.69) is 10.6 Å². The summed E-state index contributed by atoms with van der Waals surface area (Å²) in [6, 6.07) is 15.4. The molecule has 0 saturated heterocycles. The quantitative estimate of drug-likeness (QED) is 0.878. The van der Waals surface area contributed by atoms with Crippen LogP contribution >= 0.6 is 11.6 Å². The van der Waals surface area contributed by atoms with Gasteiger partial charge in [-0.25, -0.2) is 0 Å². The van der Waals surface area contributed by atoms with Gasteiger partial charge in [0.05, 0.1) is 6.54 Å². The minimum absolute atomic E-state index is 0.0508. The number of anilines is 1. The second-order valence-electron chi connectivity index (χ2n) is 5.02. The van der Waals surface area contributed by atoms with Gasteiger partial charge in [-0.05, 0) is 43.2 Å². The number of carbonyl (C=O) groups is 1. The van der Waals surface area contributed by atoms with Crippen LogP contribution in [0.15, 0.2) is 48.5 Å². The summed E-state index contributed by atoms with van der Waals surface area (Å²) in [7, 11) is 0. The first-order valence-corrected chi connectivity index (χ1v) is 7.28. The molecule has 3 nitrogen and oxygen atoms in total. The van der Waals surface area contributed by atoms with Gasteiger partial charge in [-0.1, -0.05) is 41.9 Å². The van der Waals surface area contributed by atoms with Crippen LogP contribution < -0.4 is 10.6 Å². The Morgan fingerprint density at radius 1 is 1.14 bits per heavy atom. The number of aryl methyl sites for hydroxylation is 1. The standard InChI is InChI=1S/C17H19ClN2O/c1-12-5-3-4-6-16(12)20-17(21)11-19-13(2)14-7-9-15(18)10-8-14/h3-10,13,19H,11H2,1-2H3,(H,20,21)/t13-/m1/s1. The van der Waals surface area contributed by atoms with E-state index in [0.717, 1.165) is 16.8 Å². The summed E-state index contributed by atoms with van der Waals surface area (Å²) in [6.45, 7) is 4.25. The highest BCUT2D eigenvalue weighted by atomic mass is 35.5. The number of para-hydroxylation sites is 1. The number of hydrogen-bond donors (Lipinski definition) is 2. The van der Waals surface area contributed by atoms with E-state index in [4.69, 9.17) is 11.6 Å². The summed E-state index contributed by atoms with van der Waals surface area (Å²) in [6.07, 6.45) is 0. The molecule has 0 aliphatic heterocycles. The molecular weight excluding hydrogens is 284 g/mol. The second-order valence-corrected chi connectivity index (χ2v) is 5.45. The molecule has 0 heterocycles. The molecule has 2 aromatic carbocycles. The summed E-state index contributed by atoms with van der Waals surface area (Å²) in [5, 5.41) is 6.82. The van der Waals surface area contributed by atoms with Crippen LogP contribution in [0, 0.1) is 6.92 Å². The Bertz CT molecular complexity index is 610. The molecule has 0 fully saturated rings. The first-order chi connectivity index (χ1) is 10.1. The van der Waals surface area contributed by atoms with Gasteiger partial charge in [0.15, 0.2) is 0 Å². The average Bonchev–Trinajstić information content (AvgIpc) is 2.48. The first-order valence-electron chi connectivity index (χ1n) is 6.90. The average molecular weight is 303 g/mol. The van der Waals surface area contributed by atoms with Crippen LogP contribution in [0.4, 0.5) is 5.69 Å². The van der Waals surface area contributed by atoms with E-state index < -0.39 is 0 Å². The van der Waals surface area contributed by atoms with Crippen LogP contribution in [0.25, 0.3) is 0 Å². The molecule has 21 heavy (non-hydrogen) atoms. The summed E-state index contributed by atoms with van der Waals surface area (Å²) in [5.41, 5.74) is 3.00. The number of amides is 1. The third-order valence-corrected chi connectivity index (χ3v) is 3.61. The van der Waals surface area contributed by atoms with Crippen LogP contribution in [0.5, 0.6) is 0 Å². The highest BCUT2D eigenvalue weighted by molar-refractivity contribution is 6.30. The van der Waals surface area contributed by atoms with Crippen LogP contribution in [0.1, 0.15) is 24.1 Å². The molecule has 2 aromatic rings. The lowest BCUT2D eigenvalue weighted by atomic mass is 10.1. The molecule has 0 aliphatic carbocycles. The van der Waals surface area contributed by atoms with E-state index >= 15 is 0 Å². The summed E-state index contributed by atoms with van der Waals surface area (Å²) in [4.78, 5) is 12.0. The van der Waals surface area contributed by atoms with Crippen molar-refractivity contribution in [2.24, 2.45) is 0 Å². The van der Waals surface area contributed by atoms with E-state index in [1.807, 2.05) is 62.4 Å². The number of rotatable bonds is 5. The largest absolute Gasteiger partial charge is 0.325 e. The molecule has 2 rings (SSSR count). The van der Waals surface area contributed by atoms with Crippen molar-refractivity contribution in [2.75, 3.05) is 11.9 Å². The molecule has 0 aliphatic rings.